The summed E-state index contributed by atoms with van der Waals surface area (Å²) in [4.78, 5) is 2.28. The number of benzene rings is 1. The van der Waals surface area contributed by atoms with Crippen molar-refractivity contribution in [3.8, 4) is 0 Å². The molecule has 2 unspecified atom stereocenters. The molecule has 3 nitrogen and oxygen atoms in total. The standard InChI is InChI=1S/C15H23FN2O/c1-2-18(11-14-7-4-8-19-14)15(10-17)12-5-3-6-13(16)9-12/h3,5-6,9,14-15H,2,4,7-8,10-11,17H2,1H3. The van der Waals surface area contributed by atoms with E-state index in [-0.39, 0.29) is 11.9 Å². The van der Waals surface area contributed by atoms with Crippen molar-refractivity contribution >= 4 is 0 Å². The highest BCUT2D eigenvalue weighted by Gasteiger charge is 2.24. The molecule has 0 radical (unpaired) electrons. The zero-order valence-electron chi connectivity index (χ0n) is 11.5. The molecule has 1 saturated heterocycles. The van der Waals surface area contributed by atoms with Crippen LogP contribution in [0.4, 0.5) is 4.39 Å². The van der Waals surface area contributed by atoms with Crippen LogP contribution in [0.15, 0.2) is 24.3 Å². The Bertz CT molecular complexity index is 393. The molecule has 2 atom stereocenters. The van der Waals surface area contributed by atoms with E-state index in [0.29, 0.717) is 12.6 Å². The van der Waals surface area contributed by atoms with Crippen molar-refractivity contribution in [3.63, 3.8) is 0 Å². The minimum atomic E-state index is -0.205. The number of nitrogens with zero attached hydrogens (tertiary/aromatic N) is 1. The second-order valence-electron chi connectivity index (χ2n) is 5.03. The van der Waals surface area contributed by atoms with Crippen LogP contribution in [0.25, 0.3) is 0 Å². The Morgan fingerprint density at radius 1 is 1.53 bits per heavy atom. The predicted octanol–water partition coefficient (Wildman–Crippen LogP) is 2.33. The molecule has 106 valence electrons. The van der Waals surface area contributed by atoms with E-state index in [4.69, 9.17) is 10.5 Å². The van der Waals surface area contributed by atoms with Gasteiger partial charge in [-0.25, -0.2) is 4.39 Å². The molecular formula is C15H23FN2O. The van der Waals surface area contributed by atoms with Crippen LogP contribution >= 0.6 is 0 Å². The first-order chi connectivity index (χ1) is 9.24. The highest BCUT2D eigenvalue weighted by Crippen LogP contribution is 2.23. The molecular weight excluding hydrogens is 243 g/mol. The van der Waals surface area contributed by atoms with Crippen molar-refractivity contribution in [1.82, 2.24) is 4.90 Å². The van der Waals surface area contributed by atoms with E-state index in [1.54, 1.807) is 12.1 Å². The lowest BCUT2D eigenvalue weighted by Gasteiger charge is -2.32. The van der Waals surface area contributed by atoms with E-state index >= 15 is 0 Å². The molecule has 1 fully saturated rings. The largest absolute Gasteiger partial charge is 0.377 e. The Morgan fingerprint density at radius 2 is 2.37 bits per heavy atom. The molecule has 0 saturated carbocycles. The molecule has 0 aliphatic carbocycles. The third kappa shape index (κ3) is 3.75. The van der Waals surface area contributed by atoms with E-state index in [2.05, 4.69) is 11.8 Å². The van der Waals surface area contributed by atoms with Crippen LogP contribution in [0.3, 0.4) is 0 Å². The summed E-state index contributed by atoms with van der Waals surface area (Å²) in [6, 6.07) is 6.79. The lowest BCUT2D eigenvalue weighted by molar-refractivity contribution is 0.0601. The minimum Gasteiger partial charge on any atom is -0.377 e. The number of hydrogen-bond acceptors (Lipinski definition) is 3. The third-order valence-corrected chi connectivity index (χ3v) is 3.77. The number of rotatable bonds is 6. The second-order valence-corrected chi connectivity index (χ2v) is 5.03. The van der Waals surface area contributed by atoms with Gasteiger partial charge in [0.05, 0.1) is 6.10 Å². The molecule has 0 amide bonds. The van der Waals surface area contributed by atoms with Crippen LogP contribution in [-0.4, -0.2) is 37.2 Å². The normalized spacial score (nSPS) is 20.9. The fourth-order valence-electron chi connectivity index (χ4n) is 2.74. The lowest BCUT2D eigenvalue weighted by Crippen LogP contribution is -2.38. The molecule has 1 heterocycles. The van der Waals surface area contributed by atoms with Crippen LogP contribution in [0.2, 0.25) is 0 Å². The molecule has 0 bridgehead atoms. The van der Waals surface area contributed by atoms with E-state index in [1.165, 1.54) is 6.07 Å². The maximum absolute atomic E-state index is 13.4. The van der Waals surface area contributed by atoms with Crippen molar-refractivity contribution < 1.29 is 9.13 Å². The monoisotopic (exact) mass is 266 g/mol. The Kier molecular flexibility index (Phi) is 5.31. The summed E-state index contributed by atoms with van der Waals surface area (Å²) in [6.45, 7) is 5.21. The van der Waals surface area contributed by atoms with Crippen molar-refractivity contribution in [2.75, 3.05) is 26.2 Å². The van der Waals surface area contributed by atoms with E-state index in [1.807, 2.05) is 6.07 Å². The molecule has 1 aliphatic heterocycles. The molecule has 4 heteroatoms. The summed E-state index contributed by atoms with van der Waals surface area (Å²) in [5, 5.41) is 0. The van der Waals surface area contributed by atoms with Gasteiger partial charge in [0.25, 0.3) is 0 Å². The van der Waals surface area contributed by atoms with Gasteiger partial charge < -0.3 is 10.5 Å². The molecule has 1 aromatic rings. The van der Waals surface area contributed by atoms with Crippen LogP contribution < -0.4 is 5.73 Å². The molecule has 19 heavy (non-hydrogen) atoms. The van der Waals surface area contributed by atoms with Gasteiger partial charge in [-0.1, -0.05) is 19.1 Å². The summed E-state index contributed by atoms with van der Waals surface area (Å²) in [7, 11) is 0. The summed E-state index contributed by atoms with van der Waals surface area (Å²) >= 11 is 0. The predicted molar refractivity (Wildman–Crippen MR) is 74.4 cm³/mol. The van der Waals surface area contributed by atoms with Crippen molar-refractivity contribution in [2.45, 2.75) is 31.9 Å². The summed E-state index contributed by atoms with van der Waals surface area (Å²) in [5.41, 5.74) is 6.85. The SMILES string of the molecule is CCN(CC1CCCO1)C(CN)c1cccc(F)c1. The number of likely N-dealkylation sites (N-methyl/N-ethyl adjacent to an activating group) is 1. The molecule has 1 aromatic carbocycles. The topological polar surface area (TPSA) is 38.5 Å². The minimum absolute atomic E-state index is 0.0601. The van der Waals surface area contributed by atoms with Gasteiger partial charge in [-0.3, -0.25) is 4.90 Å². The smallest absolute Gasteiger partial charge is 0.123 e. The third-order valence-electron chi connectivity index (χ3n) is 3.77. The Morgan fingerprint density at radius 3 is 2.95 bits per heavy atom. The van der Waals surface area contributed by atoms with Crippen molar-refractivity contribution in [1.29, 1.82) is 0 Å². The fraction of sp³-hybridized carbons (Fsp3) is 0.600. The van der Waals surface area contributed by atoms with Gasteiger partial charge >= 0.3 is 0 Å². The van der Waals surface area contributed by atoms with E-state index < -0.39 is 0 Å². The van der Waals surface area contributed by atoms with E-state index in [0.717, 1.165) is 38.1 Å². The van der Waals surface area contributed by atoms with Crippen molar-refractivity contribution in [2.24, 2.45) is 5.73 Å². The van der Waals surface area contributed by atoms with Gasteiger partial charge in [0.2, 0.25) is 0 Å². The first-order valence-electron chi connectivity index (χ1n) is 7.05. The molecule has 2 rings (SSSR count). The van der Waals surface area contributed by atoms with Crippen LogP contribution in [0.1, 0.15) is 31.4 Å². The number of halogens is 1. The van der Waals surface area contributed by atoms with Gasteiger partial charge in [0, 0.05) is 25.7 Å². The highest BCUT2D eigenvalue weighted by molar-refractivity contribution is 5.20. The van der Waals surface area contributed by atoms with Gasteiger partial charge in [0.1, 0.15) is 5.82 Å². The second kappa shape index (κ2) is 6.98. The Balaban J connectivity index is 2.08. The maximum atomic E-state index is 13.4. The molecule has 2 N–H and O–H groups in total. The highest BCUT2D eigenvalue weighted by atomic mass is 19.1. The van der Waals surface area contributed by atoms with E-state index in [9.17, 15) is 4.39 Å². The van der Waals surface area contributed by atoms with Gasteiger partial charge in [-0.05, 0) is 37.1 Å². The summed E-state index contributed by atoms with van der Waals surface area (Å²) < 4.78 is 19.0. The van der Waals surface area contributed by atoms with Crippen LogP contribution in [-0.2, 0) is 4.74 Å². The average Bonchev–Trinajstić information content (AvgIpc) is 2.91. The molecule has 1 aliphatic rings. The summed E-state index contributed by atoms with van der Waals surface area (Å²) in [6.07, 6.45) is 2.54. The first kappa shape index (κ1) is 14.4. The summed E-state index contributed by atoms with van der Waals surface area (Å²) in [5.74, 6) is -0.205. The fourth-order valence-corrected chi connectivity index (χ4v) is 2.74. The van der Waals surface area contributed by atoms with Crippen LogP contribution in [0, 0.1) is 5.82 Å². The Labute approximate surface area is 114 Å². The van der Waals surface area contributed by atoms with Crippen LogP contribution in [0.5, 0.6) is 0 Å². The zero-order chi connectivity index (χ0) is 13.7. The van der Waals surface area contributed by atoms with Crippen molar-refractivity contribution in [3.05, 3.63) is 35.6 Å². The molecule has 0 spiro atoms. The number of ether oxygens (including phenoxy) is 1. The number of hydrogen-bond donors (Lipinski definition) is 1. The first-order valence-corrected chi connectivity index (χ1v) is 7.05. The average molecular weight is 266 g/mol. The van der Waals surface area contributed by atoms with Gasteiger partial charge in [-0.15, -0.1) is 0 Å². The molecule has 0 aromatic heterocycles. The lowest BCUT2D eigenvalue weighted by atomic mass is 10.0. The quantitative estimate of drug-likeness (QED) is 0.859. The Hall–Kier alpha value is -0.970. The van der Waals surface area contributed by atoms with Gasteiger partial charge in [-0.2, -0.15) is 0 Å². The maximum Gasteiger partial charge on any atom is 0.123 e. The van der Waals surface area contributed by atoms with Gasteiger partial charge in [0.15, 0.2) is 0 Å². The zero-order valence-corrected chi connectivity index (χ0v) is 11.5. The number of nitrogens with two attached hydrogens (primary N) is 1.